The molecule has 1 aliphatic heterocycles. The predicted octanol–water partition coefficient (Wildman–Crippen LogP) is 5.26. The molecule has 32 heavy (non-hydrogen) atoms. The fourth-order valence-electron chi connectivity index (χ4n) is 2.95. The number of nitrogens with zero attached hydrogens (tertiary/aromatic N) is 2. The van der Waals surface area contributed by atoms with Crippen molar-refractivity contribution >= 4 is 66.8 Å². The number of thioether (sulfide) groups is 1. The Morgan fingerprint density at radius 1 is 1.25 bits per heavy atom. The Balaban J connectivity index is 1.81. The van der Waals surface area contributed by atoms with E-state index in [0.29, 0.717) is 25.8 Å². The summed E-state index contributed by atoms with van der Waals surface area (Å²) in [5.74, 6) is -0.695. The van der Waals surface area contributed by atoms with Gasteiger partial charge < -0.3 is 9.47 Å². The molecule has 2 amide bonds. The fourth-order valence-corrected chi connectivity index (χ4v) is 5.31. The summed E-state index contributed by atoms with van der Waals surface area (Å²) in [7, 11) is 1.20. The zero-order chi connectivity index (χ0) is 23.4. The van der Waals surface area contributed by atoms with E-state index in [1.54, 1.807) is 30.3 Å². The first kappa shape index (κ1) is 24.0. The van der Waals surface area contributed by atoms with Crippen molar-refractivity contribution in [1.29, 1.82) is 5.26 Å². The second-order valence-electron chi connectivity index (χ2n) is 6.62. The molecule has 1 aliphatic rings. The molecular weight excluding hydrogens is 564 g/mol. The van der Waals surface area contributed by atoms with Gasteiger partial charge >= 0.3 is 5.97 Å². The van der Waals surface area contributed by atoms with Gasteiger partial charge in [0.15, 0.2) is 0 Å². The molecule has 2 aromatic carbocycles. The molecule has 164 valence electrons. The van der Waals surface area contributed by atoms with Crippen molar-refractivity contribution < 1.29 is 23.9 Å². The Kier molecular flexibility index (Phi) is 7.77. The molecule has 0 unspecified atom stereocenters. The van der Waals surface area contributed by atoms with Crippen LogP contribution in [0.4, 0.5) is 4.79 Å². The summed E-state index contributed by atoms with van der Waals surface area (Å²) < 4.78 is 11.8. The summed E-state index contributed by atoms with van der Waals surface area (Å²) in [6, 6.07) is 11.8. The fraction of sp³-hybridized carbons (Fsp3) is 0.182. The summed E-state index contributed by atoms with van der Waals surface area (Å²) in [5.41, 5.74) is 1.93. The minimum absolute atomic E-state index is 0.196. The van der Waals surface area contributed by atoms with Crippen LogP contribution in [0, 0.1) is 11.3 Å². The highest BCUT2D eigenvalue weighted by molar-refractivity contribution is 9.11. The summed E-state index contributed by atoms with van der Waals surface area (Å²) in [6.07, 6.45) is 1.57. The van der Waals surface area contributed by atoms with Gasteiger partial charge in [-0.1, -0.05) is 18.2 Å². The molecule has 0 saturated carbocycles. The number of esters is 1. The van der Waals surface area contributed by atoms with Crippen LogP contribution in [0.15, 0.2) is 50.2 Å². The Bertz CT molecular complexity index is 1150. The van der Waals surface area contributed by atoms with Crippen LogP contribution in [0.1, 0.15) is 23.6 Å². The number of hydrogen-bond acceptors (Lipinski definition) is 7. The van der Waals surface area contributed by atoms with E-state index in [1.807, 2.05) is 12.1 Å². The average molecular weight is 580 g/mol. The maximum atomic E-state index is 12.7. The molecule has 1 atom stereocenters. The molecule has 3 rings (SSSR count). The molecule has 1 saturated heterocycles. The first-order chi connectivity index (χ1) is 15.3. The Labute approximate surface area is 205 Å². The summed E-state index contributed by atoms with van der Waals surface area (Å²) in [5, 5.41) is 8.69. The number of ether oxygens (including phenoxy) is 2. The second kappa shape index (κ2) is 10.3. The zero-order valence-corrected chi connectivity index (χ0v) is 20.9. The van der Waals surface area contributed by atoms with Crippen LogP contribution in [0.3, 0.4) is 0 Å². The normalized spacial score (nSPS) is 15.6. The number of carbonyl (C=O) groups is 3. The van der Waals surface area contributed by atoms with Gasteiger partial charge in [-0.05, 0) is 80.4 Å². The Hall–Kier alpha value is -2.61. The molecule has 0 aliphatic carbocycles. The van der Waals surface area contributed by atoms with E-state index < -0.39 is 23.2 Å². The number of halogens is 2. The van der Waals surface area contributed by atoms with Gasteiger partial charge in [0.25, 0.3) is 11.1 Å². The molecule has 1 fully saturated rings. The lowest BCUT2D eigenvalue weighted by molar-refractivity contribution is -0.148. The number of carbonyl (C=O) groups excluding carboxylic acids is 3. The summed E-state index contributed by atoms with van der Waals surface area (Å²) in [6.45, 7) is 1.64. The molecule has 1 heterocycles. The first-order valence-corrected chi connectivity index (χ1v) is 11.6. The van der Waals surface area contributed by atoms with E-state index in [1.165, 1.54) is 14.0 Å². The van der Waals surface area contributed by atoms with E-state index in [4.69, 9.17) is 4.74 Å². The number of methoxy groups -OCH3 is 1. The molecule has 2 aromatic rings. The van der Waals surface area contributed by atoms with Crippen LogP contribution in [-0.4, -0.2) is 35.2 Å². The molecule has 10 heteroatoms. The quantitative estimate of drug-likeness (QED) is 0.340. The first-order valence-electron chi connectivity index (χ1n) is 9.21. The third-order valence-electron chi connectivity index (χ3n) is 4.58. The summed E-state index contributed by atoms with van der Waals surface area (Å²) >= 11 is 7.69. The highest BCUT2D eigenvalue weighted by Gasteiger charge is 2.41. The van der Waals surface area contributed by atoms with Crippen molar-refractivity contribution in [2.75, 3.05) is 7.11 Å². The van der Waals surface area contributed by atoms with Gasteiger partial charge in [0.2, 0.25) is 0 Å². The molecule has 0 aromatic heterocycles. The lowest BCUT2D eigenvalue weighted by Crippen LogP contribution is -2.42. The summed E-state index contributed by atoms with van der Waals surface area (Å²) in [4.78, 5) is 37.8. The van der Waals surface area contributed by atoms with E-state index in [2.05, 4.69) is 42.7 Å². The number of benzene rings is 2. The molecule has 7 nitrogen and oxygen atoms in total. The van der Waals surface area contributed by atoms with Crippen LogP contribution in [0.25, 0.3) is 6.08 Å². The number of imide groups is 1. The van der Waals surface area contributed by atoms with E-state index in [9.17, 15) is 19.6 Å². The second-order valence-corrected chi connectivity index (χ2v) is 9.32. The SMILES string of the molecule is COC(=O)[C@@H](C)N1C(=O)S/C(=C/c2cc(Br)c(OCc3ccccc3C#N)c(Br)c2)C1=O. The molecule has 0 N–H and O–H groups in total. The van der Waals surface area contributed by atoms with Crippen molar-refractivity contribution in [3.8, 4) is 11.8 Å². The number of amides is 2. The van der Waals surface area contributed by atoms with Crippen molar-refractivity contribution in [1.82, 2.24) is 4.90 Å². The van der Waals surface area contributed by atoms with Gasteiger partial charge in [-0.15, -0.1) is 0 Å². The molecule has 0 radical (unpaired) electrons. The van der Waals surface area contributed by atoms with Gasteiger partial charge in [0.05, 0.1) is 32.6 Å². The largest absolute Gasteiger partial charge is 0.486 e. The van der Waals surface area contributed by atoms with Gasteiger partial charge in [0, 0.05) is 5.56 Å². The van der Waals surface area contributed by atoms with Crippen LogP contribution < -0.4 is 4.74 Å². The van der Waals surface area contributed by atoms with Gasteiger partial charge in [-0.25, -0.2) is 4.79 Å². The van der Waals surface area contributed by atoms with E-state index >= 15 is 0 Å². The average Bonchev–Trinajstić information content (AvgIpc) is 3.04. The van der Waals surface area contributed by atoms with Crippen LogP contribution >= 0.6 is 43.6 Å². The lowest BCUT2D eigenvalue weighted by Gasteiger charge is -2.18. The van der Waals surface area contributed by atoms with Crippen molar-refractivity contribution in [3.05, 3.63) is 66.9 Å². The number of hydrogen-bond donors (Lipinski definition) is 0. The smallest absolute Gasteiger partial charge is 0.328 e. The van der Waals surface area contributed by atoms with E-state index in [0.717, 1.165) is 22.2 Å². The topological polar surface area (TPSA) is 96.7 Å². The molecular formula is C22H16Br2N2O5S. The van der Waals surface area contributed by atoms with Crippen LogP contribution in [0.5, 0.6) is 5.75 Å². The monoisotopic (exact) mass is 578 g/mol. The molecule has 0 bridgehead atoms. The van der Waals surface area contributed by atoms with Crippen molar-refractivity contribution in [3.63, 3.8) is 0 Å². The number of rotatable bonds is 6. The number of nitriles is 1. The maximum absolute atomic E-state index is 12.7. The van der Waals surface area contributed by atoms with Crippen molar-refractivity contribution in [2.45, 2.75) is 19.6 Å². The van der Waals surface area contributed by atoms with Crippen molar-refractivity contribution in [2.24, 2.45) is 0 Å². The standard InChI is InChI=1S/C22H16Br2N2O5S/c1-12(21(28)30-2)26-20(27)18(32-22(26)29)9-13-7-16(23)19(17(24)8-13)31-11-15-6-4-3-5-14(15)10-25/h3-9,12H,11H2,1-2H3/b18-9+/t12-/m1/s1. The van der Waals surface area contributed by atoms with Gasteiger partial charge in [-0.3, -0.25) is 14.5 Å². The maximum Gasteiger partial charge on any atom is 0.328 e. The zero-order valence-electron chi connectivity index (χ0n) is 16.9. The lowest BCUT2D eigenvalue weighted by atomic mass is 10.1. The minimum atomic E-state index is -1.01. The highest BCUT2D eigenvalue weighted by atomic mass is 79.9. The third-order valence-corrected chi connectivity index (χ3v) is 6.64. The van der Waals surface area contributed by atoms with Gasteiger partial charge in [-0.2, -0.15) is 5.26 Å². The van der Waals surface area contributed by atoms with Crippen LogP contribution in [0.2, 0.25) is 0 Å². The molecule has 0 spiro atoms. The minimum Gasteiger partial charge on any atom is -0.486 e. The Morgan fingerprint density at radius 2 is 1.91 bits per heavy atom. The highest BCUT2D eigenvalue weighted by Crippen LogP contribution is 2.38. The Morgan fingerprint density at radius 3 is 2.53 bits per heavy atom. The van der Waals surface area contributed by atoms with E-state index in [-0.39, 0.29) is 11.5 Å². The van der Waals surface area contributed by atoms with Gasteiger partial charge in [0.1, 0.15) is 18.4 Å². The predicted molar refractivity (Wildman–Crippen MR) is 127 cm³/mol. The third kappa shape index (κ3) is 5.06. The van der Waals surface area contributed by atoms with Crippen LogP contribution in [-0.2, 0) is 20.9 Å².